The summed E-state index contributed by atoms with van der Waals surface area (Å²) in [4.78, 5) is 10.8. The molecule has 0 saturated carbocycles. The van der Waals surface area contributed by atoms with Gasteiger partial charge in [-0.15, -0.1) is 0 Å². The van der Waals surface area contributed by atoms with Crippen LogP contribution in [0.5, 0.6) is 0 Å². The highest BCUT2D eigenvalue weighted by atomic mass is 35.5. The third kappa shape index (κ3) is 2.64. The van der Waals surface area contributed by atoms with Gasteiger partial charge in [0.15, 0.2) is 5.78 Å². The zero-order chi connectivity index (χ0) is 7.78. The summed E-state index contributed by atoms with van der Waals surface area (Å²) >= 11 is 0. The Morgan fingerprint density at radius 2 is 1.82 bits per heavy atom. The van der Waals surface area contributed by atoms with Crippen LogP contribution in [-0.2, 0) is 4.79 Å². The minimum absolute atomic E-state index is 0. The number of hydrogen-bond acceptors (Lipinski definition) is 1. The molecule has 0 bridgehead atoms. The van der Waals surface area contributed by atoms with E-state index in [2.05, 4.69) is 21.1 Å². The SMILES string of the molecule is C[N+](C)(C)C1=CC(=O)CC1.[Cl-]. The summed E-state index contributed by atoms with van der Waals surface area (Å²) in [5, 5.41) is 0. The normalized spacial score (nSPS) is 17.7. The topological polar surface area (TPSA) is 17.1 Å². The Morgan fingerprint density at radius 3 is 2.00 bits per heavy atom. The Morgan fingerprint density at radius 1 is 1.27 bits per heavy atom. The summed E-state index contributed by atoms with van der Waals surface area (Å²) in [6, 6.07) is 0. The molecule has 0 aliphatic heterocycles. The Kier molecular flexibility index (Phi) is 3.27. The molecule has 1 aliphatic rings. The van der Waals surface area contributed by atoms with Crippen LogP contribution in [-0.4, -0.2) is 31.4 Å². The molecular weight excluding hydrogens is 162 g/mol. The number of rotatable bonds is 1. The van der Waals surface area contributed by atoms with Gasteiger partial charge in [0.1, 0.15) is 5.70 Å². The van der Waals surface area contributed by atoms with E-state index in [0.29, 0.717) is 6.42 Å². The van der Waals surface area contributed by atoms with Crippen LogP contribution in [0.1, 0.15) is 12.8 Å². The number of allylic oxidation sites excluding steroid dienone is 2. The van der Waals surface area contributed by atoms with E-state index in [1.54, 1.807) is 6.08 Å². The Labute approximate surface area is 73.9 Å². The van der Waals surface area contributed by atoms with Crippen LogP contribution < -0.4 is 12.4 Å². The molecule has 0 spiro atoms. The molecule has 2 nitrogen and oxygen atoms in total. The van der Waals surface area contributed by atoms with Crippen molar-refractivity contribution in [3.63, 3.8) is 0 Å². The van der Waals surface area contributed by atoms with Crippen LogP contribution in [0.4, 0.5) is 0 Å². The molecule has 1 aliphatic carbocycles. The molecule has 1 rings (SSSR count). The second-order valence-corrected chi connectivity index (χ2v) is 3.61. The van der Waals surface area contributed by atoms with Crippen molar-refractivity contribution in [2.24, 2.45) is 0 Å². The molecule has 0 heterocycles. The first-order chi connectivity index (χ1) is 4.50. The van der Waals surface area contributed by atoms with Crippen molar-refractivity contribution >= 4 is 5.78 Å². The predicted molar refractivity (Wildman–Crippen MR) is 40.4 cm³/mol. The standard InChI is InChI=1S/C8H14NO.ClH/c1-9(2,3)7-4-5-8(10)6-7;/h6H,4-5H2,1-3H3;1H/q+1;/p-1. The van der Waals surface area contributed by atoms with Crippen molar-refractivity contribution in [2.75, 3.05) is 21.1 Å². The fourth-order valence-corrected chi connectivity index (χ4v) is 1.11. The van der Waals surface area contributed by atoms with Crippen molar-refractivity contribution < 1.29 is 21.7 Å². The van der Waals surface area contributed by atoms with Gasteiger partial charge in [-0.05, 0) is 0 Å². The lowest BCUT2D eigenvalue weighted by Crippen LogP contribution is -3.00. The van der Waals surface area contributed by atoms with Gasteiger partial charge in [0.2, 0.25) is 0 Å². The van der Waals surface area contributed by atoms with Gasteiger partial charge < -0.3 is 16.9 Å². The van der Waals surface area contributed by atoms with Crippen LogP contribution in [0.2, 0.25) is 0 Å². The van der Waals surface area contributed by atoms with E-state index in [1.165, 1.54) is 5.70 Å². The lowest BCUT2D eigenvalue weighted by atomic mass is 10.3. The summed E-state index contributed by atoms with van der Waals surface area (Å²) in [5.74, 6) is 0.281. The second kappa shape index (κ2) is 3.37. The van der Waals surface area contributed by atoms with E-state index in [9.17, 15) is 4.79 Å². The summed E-state index contributed by atoms with van der Waals surface area (Å²) < 4.78 is 0.797. The number of carbonyl (C=O) groups is 1. The monoisotopic (exact) mass is 175 g/mol. The molecular formula is C8H14ClNO. The van der Waals surface area contributed by atoms with E-state index < -0.39 is 0 Å². The Bertz CT molecular complexity index is 191. The zero-order valence-corrected chi connectivity index (χ0v) is 7.98. The minimum atomic E-state index is 0. The number of carbonyl (C=O) groups excluding carboxylic acids is 1. The number of quaternary nitrogens is 1. The molecule has 64 valence electrons. The minimum Gasteiger partial charge on any atom is -1.00 e. The summed E-state index contributed by atoms with van der Waals surface area (Å²) in [6.45, 7) is 0. The highest BCUT2D eigenvalue weighted by Gasteiger charge is 2.23. The molecule has 3 heteroatoms. The van der Waals surface area contributed by atoms with Crippen molar-refractivity contribution in [3.05, 3.63) is 11.8 Å². The first-order valence-electron chi connectivity index (χ1n) is 3.55. The first kappa shape index (κ1) is 10.7. The maximum Gasteiger partial charge on any atom is 0.161 e. The van der Waals surface area contributed by atoms with Crippen LogP contribution in [0.3, 0.4) is 0 Å². The molecule has 0 aromatic carbocycles. The molecule has 11 heavy (non-hydrogen) atoms. The molecule has 0 aromatic rings. The molecule has 0 aromatic heterocycles. The van der Waals surface area contributed by atoms with Gasteiger partial charge in [0, 0.05) is 18.9 Å². The lowest BCUT2D eigenvalue weighted by Gasteiger charge is -2.23. The van der Waals surface area contributed by atoms with E-state index in [1.807, 2.05) is 0 Å². The van der Waals surface area contributed by atoms with E-state index in [4.69, 9.17) is 0 Å². The van der Waals surface area contributed by atoms with Crippen molar-refractivity contribution in [1.82, 2.24) is 0 Å². The van der Waals surface area contributed by atoms with Gasteiger partial charge in [0.25, 0.3) is 0 Å². The molecule has 0 atom stereocenters. The van der Waals surface area contributed by atoms with Crippen LogP contribution in [0, 0.1) is 0 Å². The predicted octanol–water partition coefficient (Wildman–Crippen LogP) is -2.06. The molecule has 0 N–H and O–H groups in total. The second-order valence-electron chi connectivity index (χ2n) is 3.61. The van der Waals surface area contributed by atoms with Gasteiger partial charge in [-0.3, -0.25) is 4.79 Å². The average molecular weight is 176 g/mol. The summed E-state index contributed by atoms with van der Waals surface area (Å²) in [5.41, 5.74) is 1.24. The Hall–Kier alpha value is -0.340. The maximum absolute atomic E-state index is 10.8. The Balaban J connectivity index is 0.000001000. The molecule has 0 amide bonds. The highest BCUT2D eigenvalue weighted by molar-refractivity contribution is 5.92. The maximum atomic E-state index is 10.8. The van der Waals surface area contributed by atoms with Gasteiger partial charge >= 0.3 is 0 Å². The average Bonchev–Trinajstić information content (AvgIpc) is 2.11. The molecule has 0 fully saturated rings. The fourth-order valence-electron chi connectivity index (χ4n) is 1.11. The zero-order valence-electron chi connectivity index (χ0n) is 7.22. The molecule has 0 unspecified atom stereocenters. The highest BCUT2D eigenvalue weighted by Crippen LogP contribution is 2.20. The number of hydrogen-bond donors (Lipinski definition) is 0. The van der Waals surface area contributed by atoms with Gasteiger partial charge in [-0.1, -0.05) is 0 Å². The van der Waals surface area contributed by atoms with Crippen LogP contribution >= 0.6 is 0 Å². The van der Waals surface area contributed by atoms with Gasteiger partial charge in [-0.25, -0.2) is 0 Å². The number of nitrogens with zero attached hydrogens (tertiary/aromatic N) is 1. The molecule has 0 radical (unpaired) electrons. The van der Waals surface area contributed by atoms with Gasteiger partial charge in [-0.2, -0.15) is 0 Å². The fraction of sp³-hybridized carbons (Fsp3) is 0.625. The van der Waals surface area contributed by atoms with E-state index in [0.717, 1.165) is 10.9 Å². The van der Waals surface area contributed by atoms with Crippen LogP contribution in [0.25, 0.3) is 0 Å². The summed E-state index contributed by atoms with van der Waals surface area (Å²) in [6.07, 6.45) is 3.44. The largest absolute Gasteiger partial charge is 1.00 e. The first-order valence-corrected chi connectivity index (χ1v) is 3.55. The van der Waals surface area contributed by atoms with E-state index >= 15 is 0 Å². The third-order valence-electron chi connectivity index (χ3n) is 1.82. The van der Waals surface area contributed by atoms with Crippen LogP contribution in [0.15, 0.2) is 11.8 Å². The smallest absolute Gasteiger partial charge is 0.161 e. The van der Waals surface area contributed by atoms with Crippen molar-refractivity contribution in [1.29, 1.82) is 0 Å². The summed E-state index contributed by atoms with van der Waals surface area (Å²) in [7, 11) is 6.26. The number of halogens is 1. The quantitative estimate of drug-likeness (QED) is 0.419. The van der Waals surface area contributed by atoms with E-state index in [-0.39, 0.29) is 18.2 Å². The third-order valence-corrected chi connectivity index (χ3v) is 1.82. The van der Waals surface area contributed by atoms with Crippen molar-refractivity contribution in [2.45, 2.75) is 12.8 Å². The number of ketones is 1. The van der Waals surface area contributed by atoms with Gasteiger partial charge in [0.05, 0.1) is 21.1 Å². The van der Waals surface area contributed by atoms with Crippen molar-refractivity contribution in [3.8, 4) is 0 Å². The lowest BCUT2D eigenvalue weighted by molar-refractivity contribution is -0.832. The molecule has 0 saturated heterocycles.